The van der Waals surface area contributed by atoms with Gasteiger partial charge in [-0.2, -0.15) is 13.2 Å². The van der Waals surface area contributed by atoms with E-state index in [1.807, 2.05) is 0 Å². The number of alkyl halides is 3. The summed E-state index contributed by atoms with van der Waals surface area (Å²) in [5, 5.41) is 0. The highest BCUT2D eigenvalue weighted by Crippen LogP contribution is 2.29. The van der Waals surface area contributed by atoms with E-state index >= 15 is 0 Å². The van der Waals surface area contributed by atoms with Crippen LogP contribution in [0, 0.1) is 5.41 Å². The third kappa shape index (κ3) is 4.35. The first-order valence-corrected chi connectivity index (χ1v) is 5.98. The first kappa shape index (κ1) is 15.7. The van der Waals surface area contributed by atoms with Gasteiger partial charge in [0.25, 0.3) is 0 Å². The number of Topliss-reactive ketones (excluding diaryl/α,β-unsaturated/α-hetero) is 1. The molecule has 2 nitrogen and oxygen atoms in total. The lowest BCUT2D eigenvalue weighted by Gasteiger charge is -2.21. The van der Waals surface area contributed by atoms with Gasteiger partial charge in [0.1, 0.15) is 0 Å². The van der Waals surface area contributed by atoms with Crippen molar-refractivity contribution in [2.45, 2.75) is 39.4 Å². The maximum absolute atomic E-state index is 12.4. The molecule has 0 aliphatic carbocycles. The number of nitrogens with two attached hydrogens (primary N) is 1. The summed E-state index contributed by atoms with van der Waals surface area (Å²) < 4.78 is 37.2. The standard InChI is InChI=1S/C14H18F3NO/c1-13(2,3)12(19)11(18)8-9-4-6-10(7-5-9)14(15,16)17/h4-7,11H,8,18H2,1-3H3. The Morgan fingerprint density at radius 3 is 2.00 bits per heavy atom. The zero-order valence-corrected chi connectivity index (χ0v) is 11.2. The molecule has 0 saturated carbocycles. The lowest BCUT2D eigenvalue weighted by Crippen LogP contribution is -2.40. The van der Waals surface area contributed by atoms with Gasteiger partial charge in [-0.25, -0.2) is 0 Å². The van der Waals surface area contributed by atoms with E-state index in [-0.39, 0.29) is 12.2 Å². The van der Waals surface area contributed by atoms with Crippen molar-refractivity contribution < 1.29 is 18.0 Å². The Kier molecular flexibility index (Phi) is 4.40. The number of ketones is 1. The predicted molar refractivity (Wildman–Crippen MR) is 67.6 cm³/mol. The molecule has 0 aromatic heterocycles. The minimum Gasteiger partial charge on any atom is -0.321 e. The lowest BCUT2D eigenvalue weighted by molar-refractivity contribution is -0.137. The zero-order valence-electron chi connectivity index (χ0n) is 11.2. The third-order valence-electron chi connectivity index (χ3n) is 2.81. The Labute approximate surface area is 110 Å². The summed E-state index contributed by atoms with van der Waals surface area (Å²) in [6.07, 6.45) is -4.10. The van der Waals surface area contributed by atoms with Crippen molar-refractivity contribution in [2.24, 2.45) is 11.1 Å². The zero-order chi connectivity index (χ0) is 14.8. The molecular weight excluding hydrogens is 255 g/mol. The van der Waals surface area contributed by atoms with Gasteiger partial charge in [-0.05, 0) is 24.1 Å². The minimum absolute atomic E-state index is 0.104. The molecule has 1 aromatic rings. The second-order valence-corrected chi connectivity index (χ2v) is 5.62. The number of benzene rings is 1. The number of rotatable bonds is 3. The molecule has 0 spiro atoms. The average Bonchev–Trinajstić information content (AvgIpc) is 2.26. The van der Waals surface area contributed by atoms with Crippen LogP contribution in [0.3, 0.4) is 0 Å². The van der Waals surface area contributed by atoms with Gasteiger partial charge < -0.3 is 5.73 Å². The summed E-state index contributed by atoms with van der Waals surface area (Å²) in [6.45, 7) is 5.30. The molecule has 0 heterocycles. The maximum Gasteiger partial charge on any atom is 0.416 e. The van der Waals surface area contributed by atoms with E-state index in [4.69, 9.17) is 5.73 Å². The maximum atomic E-state index is 12.4. The summed E-state index contributed by atoms with van der Waals surface area (Å²) in [5.74, 6) is -0.104. The number of hydrogen-bond donors (Lipinski definition) is 1. The molecule has 0 aliphatic rings. The lowest BCUT2D eigenvalue weighted by atomic mass is 9.84. The highest BCUT2D eigenvalue weighted by molar-refractivity contribution is 5.88. The minimum atomic E-state index is -4.35. The van der Waals surface area contributed by atoms with Crippen LogP contribution in [0.5, 0.6) is 0 Å². The molecule has 1 aromatic carbocycles. The van der Waals surface area contributed by atoms with Crippen LogP contribution in [0.1, 0.15) is 31.9 Å². The number of carbonyl (C=O) groups is 1. The van der Waals surface area contributed by atoms with Gasteiger partial charge in [0.15, 0.2) is 5.78 Å². The molecule has 0 radical (unpaired) electrons. The summed E-state index contributed by atoms with van der Waals surface area (Å²) in [6, 6.07) is 4.03. The largest absolute Gasteiger partial charge is 0.416 e. The van der Waals surface area contributed by atoms with E-state index in [1.165, 1.54) is 12.1 Å². The summed E-state index contributed by atoms with van der Waals surface area (Å²) >= 11 is 0. The molecule has 1 atom stereocenters. The molecule has 2 N–H and O–H groups in total. The van der Waals surface area contributed by atoms with E-state index in [2.05, 4.69) is 0 Å². The Hall–Kier alpha value is -1.36. The second kappa shape index (κ2) is 5.33. The highest BCUT2D eigenvalue weighted by atomic mass is 19.4. The molecule has 1 rings (SSSR count). The van der Waals surface area contributed by atoms with Crippen LogP contribution in [-0.4, -0.2) is 11.8 Å². The first-order chi connectivity index (χ1) is 8.51. The average molecular weight is 273 g/mol. The van der Waals surface area contributed by atoms with Gasteiger partial charge in [0, 0.05) is 5.41 Å². The molecule has 5 heteroatoms. The summed E-state index contributed by atoms with van der Waals surface area (Å²) in [7, 11) is 0. The monoisotopic (exact) mass is 273 g/mol. The van der Waals surface area contributed by atoms with Gasteiger partial charge in [-0.15, -0.1) is 0 Å². The van der Waals surface area contributed by atoms with Crippen LogP contribution in [0.25, 0.3) is 0 Å². The van der Waals surface area contributed by atoms with Gasteiger partial charge in [-0.3, -0.25) is 4.79 Å². The van der Waals surface area contributed by atoms with Crippen molar-refractivity contribution in [1.29, 1.82) is 0 Å². The van der Waals surface area contributed by atoms with Crippen LogP contribution in [0.15, 0.2) is 24.3 Å². The fourth-order valence-electron chi connectivity index (χ4n) is 1.73. The second-order valence-electron chi connectivity index (χ2n) is 5.62. The van der Waals surface area contributed by atoms with Crippen LogP contribution in [-0.2, 0) is 17.4 Å². The third-order valence-corrected chi connectivity index (χ3v) is 2.81. The number of halogens is 3. The Balaban J connectivity index is 2.77. The number of hydrogen-bond acceptors (Lipinski definition) is 2. The van der Waals surface area contributed by atoms with Crippen molar-refractivity contribution in [2.75, 3.05) is 0 Å². The molecule has 0 bridgehead atoms. The Morgan fingerprint density at radius 2 is 1.63 bits per heavy atom. The summed E-state index contributed by atoms with van der Waals surface area (Å²) in [5.41, 5.74) is 5.16. The van der Waals surface area contributed by atoms with Gasteiger partial charge >= 0.3 is 6.18 Å². The van der Waals surface area contributed by atoms with Crippen molar-refractivity contribution in [1.82, 2.24) is 0 Å². The van der Waals surface area contributed by atoms with Crippen LogP contribution >= 0.6 is 0 Å². The van der Waals surface area contributed by atoms with Crippen molar-refractivity contribution in [3.63, 3.8) is 0 Å². The van der Waals surface area contributed by atoms with E-state index in [0.29, 0.717) is 5.56 Å². The molecule has 1 unspecified atom stereocenters. The van der Waals surface area contributed by atoms with E-state index < -0.39 is 23.2 Å². The quantitative estimate of drug-likeness (QED) is 0.919. The van der Waals surface area contributed by atoms with Gasteiger partial charge in [-0.1, -0.05) is 32.9 Å². The number of carbonyl (C=O) groups excluding carboxylic acids is 1. The molecule has 0 saturated heterocycles. The fraction of sp³-hybridized carbons (Fsp3) is 0.500. The highest BCUT2D eigenvalue weighted by Gasteiger charge is 2.30. The van der Waals surface area contributed by atoms with Gasteiger partial charge in [0.2, 0.25) is 0 Å². The van der Waals surface area contributed by atoms with Crippen LogP contribution in [0.2, 0.25) is 0 Å². The Bertz CT molecular complexity index is 443. The molecule has 0 aliphatic heterocycles. The van der Waals surface area contributed by atoms with Crippen molar-refractivity contribution in [3.8, 4) is 0 Å². The topological polar surface area (TPSA) is 43.1 Å². The van der Waals surface area contributed by atoms with Crippen molar-refractivity contribution in [3.05, 3.63) is 35.4 Å². The van der Waals surface area contributed by atoms with E-state index in [1.54, 1.807) is 20.8 Å². The fourth-order valence-corrected chi connectivity index (χ4v) is 1.73. The van der Waals surface area contributed by atoms with E-state index in [9.17, 15) is 18.0 Å². The molecule has 19 heavy (non-hydrogen) atoms. The smallest absolute Gasteiger partial charge is 0.321 e. The first-order valence-electron chi connectivity index (χ1n) is 5.98. The molecule has 0 fully saturated rings. The molecule has 0 amide bonds. The molecule has 106 valence electrons. The molecular formula is C14H18F3NO. The predicted octanol–water partition coefficient (Wildman–Crippen LogP) is 3.19. The normalized spacial score (nSPS) is 14.3. The Morgan fingerprint density at radius 1 is 1.16 bits per heavy atom. The summed E-state index contributed by atoms with van der Waals surface area (Å²) in [4.78, 5) is 11.9. The van der Waals surface area contributed by atoms with Crippen molar-refractivity contribution >= 4 is 5.78 Å². The van der Waals surface area contributed by atoms with Crippen LogP contribution in [0.4, 0.5) is 13.2 Å². The van der Waals surface area contributed by atoms with Gasteiger partial charge in [0.05, 0.1) is 11.6 Å². The van der Waals surface area contributed by atoms with E-state index in [0.717, 1.165) is 12.1 Å². The SMILES string of the molecule is CC(C)(C)C(=O)C(N)Cc1ccc(C(F)(F)F)cc1. The van der Waals surface area contributed by atoms with Crippen LogP contribution < -0.4 is 5.73 Å².